The van der Waals surface area contributed by atoms with Crippen LogP contribution < -0.4 is 4.72 Å². The first-order valence-electron chi connectivity index (χ1n) is 5.06. The van der Waals surface area contributed by atoms with Crippen LogP contribution in [0.2, 0.25) is 0 Å². The van der Waals surface area contributed by atoms with Crippen LogP contribution >= 0.6 is 0 Å². The summed E-state index contributed by atoms with van der Waals surface area (Å²) < 4.78 is 61.1. The molecule has 1 aliphatic rings. The zero-order valence-electron chi connectivity index (χ0n) is 9.29. The van der Waals surface area contributed by atoms with E-state index < -0.39 is 28.5 Å². The van der Waals surface area contributed by atoms with Crippen molar-refractivity contribution in [1.82, 2.24) is 9.03 Å². The SMILES string of the molecule is CC1(O)CCCN(S(=O)(=O)NCC(F)(F)F)C1. The number of rotatable bonds is 3. The number of piperidine rings is 1. The Morgan fingerprint density at radius 3 is 2.53 bits per heavy atom. The number of hydrogen-bond donors (Lipinski definition) is 2. The molecule has 1 saturated heterocycles. The molecule has 0 amide bonds. The van der Waals surface area contributed by atoms with Gasteiger partial charge in [-0.25, -0.2) is 0 Å². The Labute approximate surface area is 97.8 Å². The second-order valence-electron chi connectivity index (χ2n) is 4.38. The van der Waals surface area contributed by atoms with E-state index in [0.29, 0.717) is 12.8 Å². The Bertz CT molecular complexity index is 367. The topological polar surface area (TPSA) is 69.6 Å². The molecule has 1 aliphatic heterocycles. The Balaban J connectivity index is 2.64. The van der Waals surface area contributed by atoms with Crippen LogP contribution in [0.25, 0.3) is 0 Å². The van der Waals surface area contributed by atoms with Crippen molar-refractivity contribution in [2.45, 2.75) is 31.5 Å². The summed E-state index contributed by atoms with van der Waals surface area (Å²) >= 11 is 0. The molecule has 0 aromatic rings. The maximum atomic E-state index is 11.9. The van der Waals surface area contributed by atoms with Gasteiger partial charge < -0.3 is 5.11 Å². The molecule has 0 radical (unpaired) electrons. The van der Waals surface area contributed by atoms with Gasteiger partial charge in [-0.2, -0.15) is 30.6 Å². The van der Waals surface area contributed by atoms with Crippen LogP contribution in [0.3, 0.4) is 0 Å². The van der Waals surface area contributed by atoms with Crippen molar-refractivity contribution < 1.29 is 26.7 Å². The minimum atomic E-state index is -4.59. The lowest BCUT2D eigenvalue weighted by Crippen LogP contribution is -2.53. The summed E-state index contributed by atoms with van der Waals surface area (Å²) in [6, 6.07) is 0. The molecule has 9 heteroatoms. The third kappa shape index (κ3) is 4.78. The van der Waals surface area contributed by atoms with E-state index in [1.807, 2.05) is 0 Å². The molecule has 1 atom stereocenters. The minimum absolute atomic E-state index is 0.114. The third-order valence-corrected chi connectivity index (χ3v) is 3.94. The molecule has 0 aliphatic carbocycles. The lowest BCUT2D eigenvalue weighted by molar-refractivity contribution is -0.121. The average molecular weight is 276 g/mol. The molecule has 1 unspecified atom stereocenters. The van der Waals surface area contributed by atoms with Crippen LogP contribution in [0.4, 0.5) is 13.2 Å². The first kappa shape index (κ1) is 14.7. The number of nitrogens with one attached hydrogen (secondary N) is 1. The van der Waals surface area contributed by atoms with E-state index in [4.69, 9.17) is 0 Å². The van der Waals surface area contributed by atoms with Gasteiger partial charge in [0.25, 0.3) is 10.2 Å². The van der Waals surface area contributed by atoms with Gasteiger partial charge in [0.15, 0.2) is 0 Å². The van der Waals surface area contributed by atoms with E-state index in [2.05, 4.69) is 0 Å². The monoisotopic (exact) mass is 276 g/mol. The van der Waals surface area contributed by atoms with Gasteiger partial charge in [0.05, 0.1) is 5.60 Å². The molecule has 0 spiro atoms. The van der Waals surface area contributed by atoms with Gasteiger partial charge in [0, 0.05) is 13.1 Å². The van der Waals surface area contributed by atoms with Crippen molar-refractivity contribution in [3.8, 4) is 0 Å². The van der Waals surface area contributed by atoms with Gasteiger partial charge >= 0.3 is 6.18 Å². The molecule has 17 heavy (non-hydrogen) atoms. The molecular formula is C8H15F3N2O3S. The second-order valence-corrected chi connectivity index (χ2v) is 6.13. The van der Waals surface area contributed by atoms with E-state index in [-0.39, 0.29) is 13.1 Å². The van der Waals surface area contributed by atoms with Gasteiger partial charge in [-0.1, -0.05) is 0 Å². The molecule has 0 aromatic carbocycles. The Morgan fingerprint density at radius 1 is 1.47 bits per heavy atom. The summed E-state index contributed by atoms with van der Waals surface area (Å²) in [6.07, 6.45) is -3.75. The zero-order chi connectivity index (χ0) is 13.3. The van der Waals surface area contributed by atoms with E-state index in [9.17, 15) is 26.7 Å². The number of hydrogen-bond acceptors (Lipinski definition) is 3. The predicted octanol–water partition coefficient (Wildman–Crippen LogP) is 0.230. The molecule has 0 bridgehead atoms. The fourth-order valence-corrected chi connectivity index (χ4v) is 2.99. The van der Waals surface area contributed by atoms with Gasteiger partial charge in [0.1, 0.15) is 6.54 Å². The molecular weight excluding hydrogens is 261 g/mol. The number of aliphatic hydroxyl groups is 1. The number of nitrogens with zero attached hydrogens (tertiary/aromatic N) is 1. The fourth-order valence-electron chi connectivity index (χ4n) is 1.64. The van der Waals surface area contributed by atoms with Crippen LogP contribution in [0, 0.1) is 0 Å². The highest BCUT2D eigenvalue weighted by Crippen LogP contribution is 2.22. The highest BCUT2D eigenvalue weighted by atomic mass is 32.2. The minimum Gasteiger partial charge on any atom is -0.389 e. The van der Waals surface area contributed by atoms with E-state index >= 15 is 0 Å². The maximum Gasteiger partial charge on any atom is 0.402 e. The van der Waals surface area contributed by atoms with Crippen LogP contribution in [0.15, 0.2) is 0 Å². The van der Waals surface area contributed by atoms with Gasteiger partial charge in [-0.3, -0.25) is 0 Å². The number of alkyl halides is 3. The molecule has 102 valence electrons. The van der Waals surface area contributed by atoms with Gasteiger partial charge in [0.2, 0.25) is 0 Å². The van der Waals surface area contributed by atoms with E-state index in [0.717, 1.165) is 4.31 Å². The highest BCUT2D eigenvalue weighted by Gasteiger charge is 2.37. The van der Waals surface area contributed by atoms with Crippen LogP contribution in [-0.2, 0) is 10.2 Å². The summed E-state index contributed by atoms with van der Waals surface area (Å²) in [4.78, 5) is 0. The first-order chi connectivity index (χ1) is 7.52. The highest BCUT2D eigenvalue weighted by molar-refractivity contribution is 7.87. The molecule has 0 saturated carbocycles. The molecule has 1 fully saturated rings. The third-order valence-electron chi connectivity index (χ3n) is 2.43. The van der Waals surface area contributed by atoms with Crippen LogP contribution in [-0.4, -0.2) is 49.2 Å². The van der Waals surface area contributed by atoms with Crippen LogP contribution in [0.5, 0.6) is 0 Å². The zero-order valence-corrected chi connectivity index (χ0v) is 10.1. The standard InChI is InChI=1S/C8H15F3N2O3S/c1-7(14)3-2-4-13(6-7)17(15,16)12-5-8(9,10)11/h12,14H,2-6H2,1H3. The Hall–Kier alpha value is -0.380. The first-order valence-corrected chi connectivity index (χ1v) is 6.50. The summed E-state index contributed by atoms with van der Waals surface area (Å²) in [5.41, 5.74) is -1.19. The lowest BCUT2D eigenvalue weighted by atomic mass is 9.97. The molecule has 5 nitrogen and oxygen atoms in total. The fraction of sp³-hybridized carbons (Fsp3) is 1.00. The molecule has 2 N–H and O–H groups in total. The average Bonchev–Trinajstić information content (AvgIpc) is 2.12. The van der Waals surface area contributed by atoms with Crippen molar-refractivity contribution in [3.63, 3.8) is 0 Å². The maximum absolute atomic E-state index is 11.9. The number of β-amino-alcohol motifs (C(OH)–C–C–N with tert-alkyl or cyclic N) is 1. The van der Waals surface area contributed by atoms with Gasteiger partial charge in [-0.05, 0) is 19.8 Å². The largest absolute Gasteiger partial charge is 0.402 e. The molecule has 1 rings (SSSR count). The lowest BCUT2D eigenvalue weighted by Gasteiger charge is -2.35. The second kappa shape index (κ2) is 4.71. The summed E-state index contributed by atoms with van der Waals surface area (Å²) in [7, 11) is -4.18. The van der Waals surface area contributed by atoms with Crippen molar-refractivity contribution in [1.29, 1.82) is 0 Å². The summed E-state index contributed by atoms with van der Waals surface area (Å²) in [6.45, 7) is -0.226. The summed E-state index contributed by atoms with van der Waals surface area (Å²) in [5.74, 6) is 0. The smallest absolute Gasteiger partial charge is 0.389 e. The normalized spacial score (nSPS) is 28.3. The van der Waals surface area contributed by atoms with Gasteiger partial charge in [-0.15, -0.1) is 0 Å². The number of halogens is 3. The van der Waals surface area contributed by atoms with E-state index in [1.165, 1.54) is 11.6 Å². The van der Waals surface area contributed by atoms with Crippen molar-refractivity contribution in [2.24, 2.45) is 0 Å². The Morgan fingerprint density at radius 2 is 2.06 bits per heavy atom. The predicted molar refractivity (Wildman–Crippen MR) is 54.4 cm³/mol. The van der Waals surface area contributed by atoms with Crippen molar-refractivity contribution >= 4 is 10.2 Å². The quantitative estimate of drug-likeness (QED) is 0.775. The van der Waals surface area contributed by atoms with Crippen molar-refractivity contribution in [2.75, 3.05) is 19.6 Å². The summed E-state index contributed by atoms with van der Waals surface area (Å²) in [5, 5.41) is 9.68. The molecule has 0 aromatic heterocycles. The molecule has 1 heterocycles. The van der Waals surface area contributed by atoms with Crippen molar-refractivity contribution in [3.05, 3.63) is 0 Å². The Kier molecular flexibility index (Phi) is 4.07. The van der Waals surface area contributed by atoms with Crippen LogP contribution in [0.1, 0.15) is 19.8 Å². The van der Waals surface area contributed by atoms with E-state index in [1.54, 1.807) is 0 Å².